The molecule has 94 valence electrons. The second-order valence-corrected chi connectivity index (χ2v) is 5.07. The van der Waals surface area contributed by atoms with E-state index in [2.05, 4.69) is 5.32 Å². The molecule has 0 saturated heterocycles. The minimum absolute atomic E-state index is 0.00794. The van der Waals surface area contributed by atoms with E-state index in [1.807, 2.05) is 0 Å². The topological polar surface area (TPSA) is 109 Å². The van der Waals surface area contributed by atoms with Crippen molar-refractivity contribution in [2.24, 2.45) is 5.14 Å². The number of carbonyl (C=O) groups is 1. The first-order chi connectivity index (χ1) is 7.84. The average Bonchev–Trinajstić information content (AvgIpc) is 2.25. The molecule has 0 fully saturated rings. The third-order valence-corrected chi connectivity index (χ3v) is 3.16. The zero-order chi connectivity index (χ0) is 13.1. The van der Waals surface area contributed by atoms with Crippen LogP contribution in [-0.2, 0) is 14.8 Å². The molecule has 0 aromatic heterocycles. The molecule has 0 aliphatic carbocycles. The maximum Gasteiger partial charge on any atom is 0.326 e. The van der Waals surface area contributed by atoms with Gasteiger partial charge in [0, 0.05) is 5.69 Å². The normalized spacial score (nSPS) is 13.1. The van der Waals surface area contributed by atoms with E-state index >= 15 is 0 Å². The summed E-state index contributed by atoms with van der Waals surface area (Å²) in [7, 11) is -3.71. The van der Waals surface area contributed by atoms with E-state index in [9.17, 15) is 13.2 Å². The Hall–Kier alpha value is -1.60. The Morgan fingerprint density at radius 1 is 1.41 bits per heavy atom. The van der Waals surface area contributed by atoms with Crippen molar-refractivity contribution in [2.45, 2.75) is 24.3 Å². The lowest BCUT2D eigenvalue weighted by Gasteiger charge is -2.13. The lowest BCUT2D eigenvalue weighted by molar-refractivity contribution is -0.137. The molecule has 17 heavy (non-hydrogen) atoms. The van der Waals surface area contributed by atoms with E-state index in [-0.39, 0.29) is 4.90 Å². The van der Waals surface area contributed by atoms with Crippen molar-refractivity contribution in [3.8, 4) is 0 Å². The van der Waals surface area contributed by atoms with Gasteiger partial charge < -0.3 is 10.4 Å². The van der Waals surface area contributed by atoms with E-state index in [1.54, 1.807) is 6.92 Å². The number of nitrogens with two attached hydrogens (primary N) is 1. The van der Waals surface area contributed by atoms with Crippen molar-refractivity contribution in [3.63, 3.8) is 0 Å². The standard InChI is InChI=1S/C10H14N2O4S/c1-2-9(10(13)14)12-7-3-5-8(6-4-7)17(11,15)16/h3-6,9,12H,2H2,1H3,(H,13,14)(H2,11,15,16). The van der Waals surface area contributed by atoms with Crippen molar-refractivity contribution < 1.29 is 18.3 Å². The fourth-order valence-corrected chi connectivity index (χ4v) is 1.80. The Labute approximate surface area is 99.5 Å². The highest BCUT2D eigenvalue weighted by molar-refractivity contribution is 7.89. The second-order valence-electron chi connectivity index (χ2n) is 3.51. The highest BCUT2D eigenvalue weighted by Crippen LogP contribution is 2.14. The first-order valence-electron chi connectivity index (χ1n) is 4.96. The highest BCUT2D eigenvalue weighted by atomic mass is 32.2. The van der Waals surface area contributed by atoms with Crippen LogP contribution in [0, 0.1) is 0 Å². The minimum atomic E-state index is -3.71. The van der Waals surface area contributed by atoms with Gasteiger partial charge in [-0.15, -0.1) is 0 Å². The summed E-state index contributed by atoms with van der Waals surface area (Å²) >= 11 is 0. The molecular weight excluding hydrogens is 244 g/mol. The van der Waals surface area contributed by atoms with Crippen LogP contribution >= 0.6 is 0 Å². The molecule has 1 unspecified atom stereocenters. The van der Waals surface area contributed by atoms with Gasteiger partial charge in [-0.3, -0.25) is 0 Å². The van der Waals surface area contributed by atoms with Crippen molar-refractivity contribution in [3.05, 3.63) is 24.3 Å². The summed E-state index contributed by atoms with van der Waals surface area (Å²) in [5.41, 5.74) is 0.534. The third-order valence-electron chi connectivity index (χ3n) is 2.23. The molecule has 6 nitrogen and oxygen atoms in total. The number of nitrogens with one attached hydrogen (secondary N) is 1. The van der Waals surface area contributed by atoms with E-state index in [1.165, 1.54) is 24.3 Å². The molecular formula is C10H14N2O4S. The van der Waals surface area contributed by atoms with Crippen molar-refractivity contribution >= 4 is 21.7 Å². The van der Waals surface area contributed by atoms with Gasteiger partial charge in [0.1, 0.15) is 6.04 Å². The molecule has 0 heterocycles. The molecule has 1 aromatic carbocycles. The smallest absolute Gasteiger partial charge is 0.326 e. The van der Waals surface area contributed by atoms with E-state index in [0.717, 1.165) is 0 Å². The summed E-state index contributed by atoms with van der Waals surface area (Å²) in [6.45, 7) is 1.74. The maximum absolute atomic E-state index is 11.0. The zero-order valence-corrected chi connectivity index (χ0v) is 10.1. The van der Waals surface area contributed by atoms with Crippen LogP contribution in [-0.4, -0.2) is 25.5 Å². The van der Waals surface area contributed by atoms with Gasteiger partial charge in [0.2, 0.25) is 10.0 Å². The Kier molecular flexibility index (Phi) is 4.08. The number of anilines is 1. The van der Waals surface area contributed by atoms with Gasteiger partial charge in [0.05, 0.1) is 4.90 Å². The van der Waals surface area contributed by atoms with Gasteiger partial charge in [-0.05, 0) is 30.7 Å². The third kappa shape index (κ3) is 3.72. The number of sulfonamides is 1. The van der Waals surface area contributed by atoms with Gasteiger partial charge in [-0.1, -0.05) is 6.92 Å². The van der Waals surface area contributed by atoms with Crippen molar-refractivity contribution in [1.82, 2.24) is 0 Å². The Morgan fingerprint density at radius 2 is 1.94 bits per heavy atom. The quantitative estimate of drug-likeness (QED) is 0.716. The van der Waals surface area contributed by atoms with Crippen LogP contribution in [0.15, 0.2) is 29.2 Å². The van der Waals surface area contributed by atoms with Crippen LogP contribution in [0.3, 0.4) is 0 Å². The van der Waals surface area contributed by atoms with Gasteiger partial charge in [0.15, 0.2) is 0 Å². The lowest BCUT2D eigenvalue weighted by atomic mass is 10.2. The number of hydrogen-bond donors (Lipinski definition) is 3. The zero-order valence-electron chi connectivity index (χ0n) is 9.25. The molecule has 4 N–H and O–H groups in total. The summed E-state index contributed by atoms with van der Waals surface area (Å²) in [5, 5.41) is 16.6. The molecule has 0 spiro atoms. The fraction of sp³-hybridized carbons (Fsp3) is 0.300. The summed E-state index contributed by atoms with van der Waals surface area (Å²) in [4.78, 5) is 10.8. The van der Waals surface area contributed by atoms with Crippen LogP contribution in [0.25, 0.3) is 0 Å². The average molecular weight is 258 g/mol. The maximum atomic E-state index is 11.0. The SMILES string of the molecule is CCC(Nc1ccc(S(N)(=O)=O)cc1)C(=O)O. The molecule has 0 bridgehead atoms. The molecule has 0 aliphatic heterocycles. The van der Waals surface area contributed by atoms with Crippen LogP contribution in [0.4, 0.5) is 5.69 Å². The van der Waals surface area contributed by atoms with Crippen LogP contribution < -0.4 is 10.5 Å². The number of carboxylic acids is 1. The summed E-state index contributed by atoms with van der Waals surface area (Å²) in [6.07, 6.45) is 0.423. The van der Waals surface area contributed by atoms with Gasteiger partial charge in [-0.2, -0.15) is 0 Å². The van der Waals surface area contributed by atoms with E-state index in [0.29, 0.717) is 12.1 Å². The molecule has 1 atom stereocenters. The molecule has 7 heteroatoms. The molecule has 0 radical (unpaired) electrons. The van der Waals surface area contributed by atoms with Gasteiger partial charge in [0.25, 0.3) is 0 Å². The number of rotatable bonds is 5. The highest BCUT2D eigenvalue weighted by Gasteiger charge is 2.14. The van der Waals surface area contributed by atoms with Crippen LogP contribution in [0.1, 0.15) is 13.3 Å². The Morgan fingerprint density at radius 3 is 2.29 bits per heavy atom. The molecule has 1 rings (SSSR count). The van der Waals surface area contributed by atoms with Gasteiger partial charge >= 0.3 is 5.97 Å². The summed E-state index contributed by atoms with van der Waals surface area (Å²) in [5.74, 6) is -0.956. The minimum Gasteiger partial charge on any atom is -0.480 e. The van der Waals surface area contributed by atoms with Gasteiger partial charge in [-0.25, -0.2) is 18.4 Å². The second kappa shape index (κ2) is 5.15. The molecule has 1 aromatic rings. The van der Waals surface area contributed by atoms with E-state index in [4.69, 9.17) is 10.2 Å². The number of hydrogen-bond acceptors (Lipinski definition) is 4. The number of carboxylic acid groups (broad SMARTS) is 1. The first-order valence-corrected chi connectivity index (χ1v) is 6.51. The first kappa shape index (κ1) is 13.5. The number of aliphatic carboxylic acids is 1. The van der Waals surface area contributed by atoms with Crippen molar-refractivity contribution in [1.29, 1.82) is 0 Å². The van der Waals surface area contributed by atoms with Crippen LogP contribution in [0.2, 0.25) is 0 Å². The molecule has 0 amide bonds. The Balaban J connectivity index is 2.85. The van der Waals surface area contributed by atoms with E-state index < -0.39 is 22.0 Å². The monoisotopic (exact) mass is 258 g/mol. The summed E-state index contributed by atoms with van der Waals surface area (Å²) in [6, 6.07) is 4.91. The largest absolute Gasteiger partial charge is 0.480 e. The predicted molar refractivity (Wildman–Crippen MR) is 63.2 cm³/mol. The molecule has 0 saturated carbocycles. The van der Waals surface area contributed by atoms with Crippen LogP contribution in [0.5, 0.6) is 0 Å². The summed E-state index contributed by atoms with van der Waals surface area (Å²) < 4.78 is 22.0. The Bertz CT molecular complexity index is 496. The number of primary sulfonamides is 1. The van der Waals surface area contributed by atoms with Crippen molar-refractivity contribution in [2.75, 3.05) is 5.32 Å². The lowest BCUT2D eigenvalue weighted by Crippen LogP contribution is -2.28. The number of benzene rings is 1. The molecule has 0 aliphatic rings. The fourth-order valence-electron chi connectivity index (χ4n) is 1.28. The predicted octanol–water partition coefficient (Wildman–Crippen LogP) is 0.609.